The first-order valence-corrected chi connectivity index (χ1v) is 11.9. The van der Waals surface area contributed by atoms with Crippen molar-refractivity contribution < 1.29 is 0 Å². The Bertz CT molecular complexity index is 591. The summed E-state index contributed by atoms with van der Waals surface area (Å²) in [6.45, 7) is 13.3. The Morgan fingerprint density at radius 1 is 1.08 bits per heavy atom. The molecule has 5 rings (SSSR count). The molecule has 0 heterocycles. The lowest BCUT2D eigenvalue weighted by Crippen LogP contribution is -2.68. The highest BCUT2D eigenvalue weighted by Crippen LogP contribution is 2.94. The highest BCUT2D eigenvalue weighted by molar-refractivity contribution is 7.80. The van der Waals surface area contributed by atoms with Gasteiger partial charge in [-0.1, -0.05) is 52.7 Å². The van der Waals surface area contributed by atoms with Crippen LogP contribution in [0.2, 0.25) is 11.6 Å². The minimum absolute atomic E-state index is 0.586. The lowest BCUT2D eigenvalue weighted by atomic mass is 9.26. The number of fused-ring (bicyclic) bond motifs is 1. The Kier molecular flexibility index (Phi) is 3.55. The molecule has 0 aromatic heterocycles. The van der Waals surface area contributed by atoms with Gasteiger partial charge < -0.3 is 0 Å². The highest BCUT2D eigenvalue weighted by Gasteiger charge is 2.87. The van der Waals surface area contributed by atoms with E-state index in [1.807, 2.05) is 0 Å². The minimum Gasteiger partial charge on any atom is -0.176 e. The molecule has 5 saturated carbocycles. The fourth-order valence-electron chi connectivity index (χ4n) is 10.6. The predicted molar refractivity (Wildman–Crippen MR) is 113 cm³/mol. The van der Waals surface area contributed by atoms with Crippen molar-refractivity contribution in [1.82, 2.24) is 0 Å². The van der Waals surface area contributed by atoms with Crippen LogP contribution in [0, 0.1) is 45.8 Å². The predicted octanol–water partition coefficient (Wildman–Crippen LogP) is 6.24. The Morgan fingerprint density at radius 3 is 2.52 bits per heavy atom. The van der Waals surface area contributed by atoms with E-state index in [1.165, 1.54) is 52.1 Å². The van der Waals surface area contributed by atoms with Crippen molar-refractivity contribution in [1.29, 1.82) is 0 Å². The molecular weight excluding hydrogens is 319 g/mol. The molecule has 0 N–H and O–H groups in total. The molecule has 140 valence electrons. The quantitative estimate of drug-likeness (QED) is 0.438. The molecule has 2 heteroatoms. The molecule has 0 saturated heterocycles. The van der Waals surface area contributed by atoms with Gasteiger partial charge in [-0.2, -0.15) is 12.6 Å². The number of hydrogen-bond donors (Lipinski definition) is 1. The monoisotopic (exact) mass is 358 g/mol. The molecule has 5 aliphatic carbocycles. The number of rotatable bonds is 2. The normalized spacial score (nSPS) is 64.9. The maximum atomic E-state index is 5.07. The lowest BCUT2D eigenvalue weighted by molar-refractivity contribution is -0.247. The van der Waals surface area contributed by atoms with Crippen LogP contribution in [0.15, 0.2) is 0 Å². The summed E-state index contributed by atoms with van der Waals surface area (Å²) in [4.78, 5) is 0. The molecule has 25 heavy (non-hydrogen) atoms. The van der Waals surface area contributed by atoms with E-state index < -0.39 is 0 Å². The van der Waals surface area contributed by atoms with Gasteiger partial charge in [0.1, 0.15) is 7.28 Å². The summed E-state index contributed by atoms with van der Waals surface area (Å²) < 4.78 is 0. The Hall–Kier alpha value is 0.415. The van der Waals surface area contributed by atoms with E-state index in [-0.39, 0.29) is 0 Å². The molecule has 10 unspecified atom stereocenters. The van der Waals surface area contributed by atoms with Crippen LogP contribution in [-0.2, 0) is 0 Å². The van der Waals surface area contributed by atoms with E-state index >= 15 is 0 Å². The fraction of sp³-hybridized carbons (Fsp3) is 1.00. The van der Waals surface area contributed by atoms with Gasteiger partial charge in [0.05, 0.1) is 0 Å². The number of thiol groups is 1. The van der Waals surface area contributed by atoms with Gasteiger partial charge in [-0.05, 0) is 84.4 Å². The molecule has 5 fully saturated rings. The molecule has 0 amide bonds. The lowest BCUT2D eigenvalue weighted by Gasteiger charge is -2.75. The summed E-state index contributed by atoms with van der Waals surface area (Å²) in [7, 11) is 1.45. The second-order valence-corrected chi connectivity index (χ2v) is 12.5. The maximum Gasteiger partial charge on any atom is 0.128 e. The second kappa shape index (κ2) is 5.06. The molecule has 0 aliphatic heterocycles. The molecular formula is C23H39BS. The molecule has 0 radical (unpaired) electrons. The van der Waals surface area contributed by atoms with Crippen LogP contribution in [0.4, 0.5) is 0 Å². The zero-order valence-corrected chi connectivity index (χ0v) is 18.2. The van der Waals surface area contributed by atoms with E-state index in [1.54, 1.807) is 6.42 Å². The molecule has 0 aromatic carbocycles. The molecule has 0 bridgehead atoms. The summed E-state index contributed by atoms with van der Waals surface area (Å²) in [5.41, 5.74) is 1.89. The topological polar surface area (TPSA) is 0 Å². The standard InChI is InChI=1S/C23H39BS/c1-6-24-21(4)12-18-17-11-16(25)10-9-15-8-7-14(2)23(19(15)17)13-20(21,3)22(18,23)5/h14-19,24-25H,6-13H2,1-5H3. The first kappa shape index (κ1) is 17.5. The third kappa shape index (κ3) is 1.64. The summed E-state index contributed by atoms with van der Waals surface area (Å²) in [5.74, 6) is 5.01. The molecule has 1 spiro atoms. The maximum absolute atomic E-state index is 5.07. The van der Waals surface area contributed by atoms with Crippen LogP contribution >= 0.6 is 12.6 Å². The van der Waals surface area contributed by atoms with Gasteiger partial charge in [-0.25, -0.2) is 0 Å². The van der Waals surface area contributed by atoms with Gasteiger partial charge in [0, 0.05) is 5.25 Å². The van der Waals surface area contributed by atoms with Crippen molar-refractivity contribution in [2.75, 3.05) is 0 Å². The van der Waals surface area contributed by atoms with Gasteiger partial charge in [0.2, 0.25) is 0 Å². The Balaban J connectivity index is 1.66. The smallest absolute Gasteiger partial charge is 0.128 e. The SMILES string of the molecule is CCBC1(C)CC2C3CC(S)CCC4CCC(C)C5(CC1(C)C25C)C43. The molecule has 10 atom stereocenters. The van der Waals surface area contributed by atoms with Crippen LogP contribution in [0.1, 0.15) is 79.6 Å². The zero-order chi connectivity index (χ0) is 17.8. The summed E-state index contributed by atoms with van der Waals surface area (Å²) in [6, 6.07) is 0. The van der Waals surface area contributed by atoms with Crippen molar-refractivity contribution in [3.05, 3.63) is 0 Å². The highest BCUT2D eigenvalue weighted by atomic mass is 32.1. The third-order valence-electron chi connectivity index (χ3n) is 11.7. The number of hydrogen-bond acceptors (Lipinski definition) is 1. The van der Waals surface area contributed by atoms with Crippen LogP contribution in [-0.4, -0.2) is 12.5 Å². The fourth-order valence-corrected chi connectivity index (χ4v) is 11.0. The first-order valence-electron chi connectivity index (χ1n) is 11.4. The van der Waals surface area contributed by atoms with E-state index in [0.717, 1.165) is 29.6 Å². The minimum atomic E-state index is 0.586. The van der Waals surface area contributed by atoms with E-state index in [4.69, 9.17) is 12.6 Å². The average molecular weight is 358 g/mol. The molecule has 0 aromatic rings. The van der Waals surface area contributed by atoms with Crippen molar-refractivity contribution in [2.24, 2.45) is 45.8 Å². The second-order valence-electron chi connectivity index (χ2n) is 11.8. The summed E-state index contributed by atoms with van der Waals surface area (Å²) in [5, 5.41) is 1.26. The van der Waals surface area contributed by atoms with Gasteiger partial charge in [0.25, 0.3) is 0 Å². The van der Waals surface area contributed by atoms with E-state index in [2.05, 4.69) is 34.6 Å². The van der Waals surface area contributed by atoms with Crippen LogP contribution in [0.25, 0.3) is 0 Å². The van der Waals surface area contributed by atoms with Gasteiger partial charge in [-0.3, -0.25) is 0 Å². The van der Waals surface area contributed by atoms with Crippen molar-refractivity contribution >= 4 is 19.9 Å². The van der Waals surface area contributed by atoms with Gasteiger partial charge >= 0.3 is 0 Å². The van der Waals surface area contributed by atoms with Crippen LogP contribution in [0.3, 0.4) is 0 Å². The van der Waals surface area contributed by atoms with Gasteiger partial charge in [-0.15, -0.1) is 0 Å². The van der Waals surface area contributed by atoms with Crippen molar-refractivity contribution in [2.45, 2.75) is 96.4 Å². The van der Waals surface area contributed by atoms with E-state index in [9.17, 15) is 0 Å². The average Bonchev–Trinajstić information content (AvgIpc) is 2.73. The van der Waals surface area contributed by atoms with Crippen molar-refractivity contribution in [3.8, 4) is 0 Å². The first-order chi connectivity index (χ1) is 11.7. The summed E-state index contributed by atoms with van der Waals surface area (Å²) >= 11 is 5.07. The largest absolute Gasteiger partial charge is 0.176 e. The van der Waals surface area contributed by atoms with Crippen molar-refractivity contribution in [3.63, 3.8) is 0 Å². The Labute approximate surface area is 162 Å². The van der Waals surface area contributed by atoms with E-state index in [0.29, 0.717) is 26.8 Å². The Morgan fingerprint density at radius 2 is 1.80 bits per heavy atom. The summed E-state index contributed by atoms with van der Waals surface area (Å²) in [6.07, 6.45) is 11.8. The third-order valence-corrected chi connectivity index (χ3v) is 12.1. The zero-order valence-electron chi connectivity index (χ0n) is 17.3. The molecule has 5 aliphatic rings. The van der Waals surface area contributed by atoms with Crippen LogP contribution in [0.5, 0.6) is 0 Å². The molecule has 0 nitrogen and oxygen atoms in total. The van der Waals surface area contributed by atoms with Crippen LogP contribution < -0.4 is 0 Å². The van der Waals surface area contributed by atoms with Gasteiger partial charge in [0.15, 0.2) is 0 Å².